The average Bonchev–Trinajstić information content (AvgIpc) is 2.76. The Balaban J connectivity index is 1.91. The second kappa shape index (κ2) is 11.5. The molecule has 2 N–H and O–H groups in total. The Morgan fingerprint density at radius 1 is 0.867 bits per heavy atom. The lowest BCUT2D eigenvalue weighted by atomic mass is 10.1. The first-order chi connectivity index (χ1) is 14.5. The minimum atomic E-state index is -0.180. The first-order valence-corrected chi connectivity index (χ1v) is 9.59. The van der Waals surface area contributed by atoms with Gasteiger partial charge in [0.15, 0.2) is 18.1 Å². The largest absolute Gasteiger partial charge is 0.493 e. The van der Waals surface area contributed by atoms with Crippen molar-refractivity contribution in [3.63, 3.8) is 0 Å². The molecule has 2 amide bonds. The molecule has 0 heterocycles. The van der Waals surface area contributed by atoms with Gasteiger partial charge in [-0.25, -0.2) is 0 Å². The molecule has 0 aliphatic carbocycles. The zero-order chi connectivity index (χ0) is 21.9. The standard InChI is InChI=1S/C22H28N2O6/c1-5-23-20(26)14-30-17-10-8-16(9-11-17)24-19(25)13-7-15-6-12-18(27-2)22(29-4)21(15)28-3/h6,8-12H,5,7,13-14H2,1-4H3,(H,23,26)(H,24,25). The number of carbonyl (C=O) groups is 2. The summed E-state index contributed by atoms with van der Waals surface area (Å²) >= 11 is 0. The van der Waals surface area contributed by atoms with Gasteiger partial charge in [-0.1, -0.05) is 6.07 Å². The third-order valence-electron chi connectivity index (χ3n) is 4.29. The van der Waals surface area contributed by atoms with Crippen molar-refractivity contribution in [1.82, 2.24) is 5.32 Å². The molecule has 8 heteroatoms. The van der Waals surface area contributed by atoms with Crippen LogP contribution in [0.15, 0.2) is 36.4 Å². The molecule has 162 valence electrons. The zero-order valence-electron chi connectivity index (χ0n) is 17.7. The molecule has 0 aliphatic rings. The number of hydrogen-bond donors (Lipinski definition) is 2. The van der Waals surface area contributed by atoms with Crippen LogP contribution in [-0.4, -0.2) is 46.3 Å². The van der Waals surface area contributed by atoms with Crippen LogP contribution in [0, 0.1) is 0 Å². The molecule has 0 saturated heterocycles. The van der Waals surface area contributed by atoms with Crippen LogP contribution in [0.5, 0.6) is 23.0 Å². The van der Waals surface area contributed by atoms with Crippen LogP contribution < -0.4 is 29.6 Å². The number of anilines is 1. The summed E-state index contributed by atoms with van der Waals surface area (Å²) in [4.78, 5) is 23.8. The van der Waals surface area contributed by atoms with E-state index >= 15 is 0 Å². The molecular weight excluding hydrogens is 388 g/mol. The van der Waals surface area contributed by atoms with Crippen LogP contribution >= 0.6 is 0 Å². The second-order valence-electron chi connectivity index (χ2n) is 6.31. The van der Waals surface area contributed by atoms with Crippen molar-refractivity contribution in [2.75, 3.05) is 39.8 Å². The van der Waals surface area contributed by atoms with Crippen molar-refractivity contribution < 1.29 is 28.5 Å². The van der Waals surface area contributed by atoms with E-state index < -0.39 is 0 Å². The second-order valence-corrected chi connectivity index (χ2v) is 6.31. The summed E-state index contributed by atoms with van der Waals surface area (Å²) in [5, 5.41) is 5.50. The number of aryl methyl sites for hydroxylation is 1. The quantitative estimate of drug-likeness (QED) is 0.585. The molecule has 2 rings (SSSR count). The molecule has 0 fully saturated rings. The molecular formula is C22H28N2O6. The number of hydrogen-bond acceptors (Lipinski definition) is 6. The van der Waals surface area contributed by atoms with Crippen molar-refractivity contribution in [3.8, 4) is 23.0 Å². The molecule has 2 aromatic carbocycles. The van der Waals surface area contributed by atoms with Gasteiger partial charge in [-0.2, -0.15) is 0 Å². The molecule has 0 unspecified atom stereocenters. The van der Waals surface area contributed by atoms with E-state index in [2.05, 4.69) is 10.6 Å². The molecule has 0 aliphatic heterocycles. The molecule has 0 saturated carbocycles. The van der Waals surface area contributed by atoms with E-state index in [4.69, 9.17) is 18.9 Å². The van der Waals surface area contributed by atoms with E-state index in [1.807, 2.05) is 13.0 Å². The number of methoxy groups -OCH3 is 3. The van der Waals surface area contributed by atoms with Crippen LogP contribution in [0.4, 0.5) is 5.69 Å². The van der Waals surface area contributed by atoms with Gasteiger partial charge in [-0.3, -0.25) is 9.59 Å². The number of nitrogens with one attached hydrogen (secondary N) is 2. The van der Waals surface area contributed by atoms with Crippen LogP contribution in [0.3, 0.4) is 0 Å². The Labute approximate surface area is 176 Å². The summed E-state index contributed by atoms with van der Waals surface area (Å²) in [7, 11) is 4.65. The van der Waals surface area contributed by atoms with Crippen LogP contribution in [0.25, 0.3) is 0 Å². The normalized spacial score (nSPS) is 10.1. The van der Waals surface area contributed by atoms with Crippen molar-refractivity contribution >= 4 is 17.5 Å². The van der Waals surface area contributed by atoms with Crippen molar-refractivity contribution in [3.05, 3.63) is 42.0 Å². The number of benzene rings is 2. The minimum absolute atomic E-state index is 0.0489. The lowest BCUT2D eigenvalue weighted by molar-refractivity contribution is -0.123. The molecule has 2 aromatic rings. The van der Waals surface area contributed by atoms with Gasteiger partial charge in [-0.15, -0.1) is 0 Å². The fraction of sp³-hybridized carbons (Fsp3) is 0.364. The molecule has 8 nitrogen and oxygen atoms in total. The maximum atomic E-state index is 12.3. The lowest BCUT2D eigenvalue weighted by Crippen LogP contribution is -2.28. The average molecular weight is 416 g/mol. The summed E-state index contributed by atoms with van der Waals surface area (Å²) in [5.41, 5.74) is 1.49. The molecule has 0 spiro atoms. The van der Waals surface area contributed by atoms with Crippen molar-refractivity contribution in [2.45, 2.75) is 19.8 Å². The summed E-state index contributed by atoms with van der Waals surface area (Å²) in [6.45, 7) is 2.35. The number of amides is 2. The summed E-state index contributed by atoms with van der Waals surface area (Å²) < 4.78 is 21.5. The Bertz CT molecular complexity index is 851. The van der Waals surface area contributed by atoms with E-state index in [1.165, 1.54) is 0 Å². The first-order valence-electron chi connectivity index (χ1n) is 9.59. The highest BCUT2D eigenvalue weighted by molar-refractivity contribution is 5.91. The van der Waals surface area contributed by atoms with Gasteiger partial charge in [0.05, 0.1) is 21.3 Å². The highest BCUT2D eigenvalue weighted by Gasteiger charge is 2.16. The Morgan fingerprint density at radius 2 is 1.57 bits per heavy atom. The van der Waals surface area contributed by atoms with Crippen LogP contribution in [-0.2, 0) is 16.0 Å². The number of ether oxygens (including phenoxy) is 4. The van der Waals surface area contributed by atoms with E-state index in [0.29, 0.717) is 41.7 Å². The maximum absolute atomic E-state index is 12.3. The van der Waals surface area contributed by atoms with Gasteiger partial charge in [-0.05, 0) is 49.2 Å². The number of rotatable bonds is 11. The monoisotopic (exact) mass is 416 g/mol. The van der Waals surface area contributed by atoms with Gasteiger partial charge < -0.3 is 29.6 Å². The zero-order valence-corrected chi connectivity index (χ0v) is 17.7. The lowest BCUT2D eigenvalue weighted by Gasteiger charge is -2.15. The summed E-state index contributed by atoms with van der Waals surface area (Å²) in [6, 6.07) is 10.5. The SMILES string of the molecule is CCNC(=O)COc1ccc(NC(=O)CCc2ccc(OC)c(OC)c2OC)cc1. The summed E-state index contributed by atoms with van der Waals surface area (Å²) in [5.74, 6) is 1.86. The van der Waals surface area contributed by atoms with Crippen molar-refractivity contribution in [1.29, 1.82) is 0 Å². The van der Waals surface area contributed by atoms with Gasteiger partial charge >= 0.3 is 0 Å². The fourth-order valence-electron chi connectivity index (χ4n) is 2.86. The molecule has 0 radical (unpaired) electrons. The Morgan fingerprint density at radius 3 is 2.17 bits per heavy atom. The van der Waals surface area contributed by atoms with E-state index in [9.17, 15) is 9.59 Å². The molecule has 0 aromatic heterocycles. The van der Waals surface area contributed by atoms with Crippen LogP contribution in [0.1, 0.15) is 18.9 Å². The predicted molar refractivity (Wildman–Crippen MR) is 114 cm³/mol. The van der Waals surface area contributed by atoms with Gasteiger partial charge in [0.1, 0.15) is 5.75 Å². The summed E-state index contributed by atoms with van der Waals surface area (Å²) in [6.07, 6.45) is 0.740. The Hall–Kier alpha value is -3.42. The topological polar surface area (TPSA) is 95.1 Å². The highest BCUT2D eigenvalue weighted by Crippen LogP contribution is 2.40. The number of likely N-dealkylation sites (N-methyl/N-ethyl adjacent to an activating group) is 1. The van der Waals surface area contributed by atoms with Crippen molar-refractivity contribution in [2.24, 2.45) is 0 Å². The van der Waals surface area contributed by atoms with Crippen LogP contribution in [0.2, 0.25) is 0 Å². The van der Waals surface area contributed by atoms with E-state index in [0.717, 1.165) is 5.56 Å². The van der Waals surface area contributed by atoms with Gasteiger partial charge in [0.2, 0.25) is 11.7 Å². The number of carbonyl (C=O) groups excluding carboxylic acids is 2. The third kappa shape index (κ3) is 6.30. The highest BCUT2D eigenvalue weighted by atomic mass is 16.5. The predicted octanol–water partition coefficient (Wildman–Crippen LogP) is 2.80. The van der Waals surface area contributed by atoms with E-state index in [1.54, 1.807) is 51.7 Å². The smallest absolute Gasteiger partial charge is 0.257 e. The van der Waals surface area contributed by atoms with Gasteiger partial charge in [0.25, 0.3) is 5.91 Å². The molecule has 0 atom stereocenters. The van der Waals surface area contributed by atoms with Gasteiger partial charge in [0, 0.05) is 18.7 Å². The molecule has 0 bridgehead atoms. The first kappa shape index (κ1) is 22.9. The Kier molecular flexibility index (Phi) is 8.80. The fourth-order valence-corrected chi connectivity index (χ4v) is 2.86. The third-order valence-corrected chi connectivity index (χ3v) is 4.29. The minimum Gasteiger partial charge on any atom is -0.493 e. The van der Waals surface area contributed by atoms with E-state index in [-0.39, 0.29) is 24.8 Å². The maximum Gasteiger partial charge on any atom is 0.257 e. The molecule has 30 heavy (non-hydrogen) atoms.